The Morgan fingerprint density at radius 2 is 1.73 bits per heavy atom. The molecule has 0 radical (unpaired) electrons. The van der Waals surface area contributed by atoms with Crippen LogP contribution in [0.3, 0.4) is 0 Å². The number of fused-ring (bicyclic) bond motifs is 1. The van der Waals surface area contributed by atoms with Crippen LogP contribution in [-0.4, -0.2) is 83.8 Å². The van der Waals surface area contributed by atoms with Crippen LogP contribution >= 0.6 is 0 Å². The van der Waals surface area contributed by atoms with Gasteiger partial charge in [0.15, 0.2) is 0 Å². The first-order chi connectivity index (χ1) is 16.8. The van der Waals surface area contributed by atoms with Crippen molar-refractivity contribution in [3.05, 3.63) is 0 Å². The predicted octanol–water partition coefficient (Wildman–Crippen LogP) is 0.401. The van der Waals surface area contributed by atoms with Crippen molar-refractivity contribution >= 4 is 29.5 Å². The fourth-order valence-electron chi connectivity index (χ4n) is 5.74. The minimum atomic E-state index is -5.18. The Kier molecular flexibility index (Phi) is 7.34. The fraction of sp³-hybridized carbons (Fsp3) is 0.792. The maximum atomic E-state index is 13.5. The first-order valence-corrected chi connectivity index (χ1v) is 12.3. The van der Waals surface area contributed by atoms with Crippen molar-refractivity contribution in [3.8, 4) is 0 Å². The summed E-state index contributed by atoms with van der Waals surface area (Å²) in [6.45, 7) is 9.04. The van der Waals surface area contributed by atoms with Crippen LogP contribution in [0.2, 0.25) is 0 Å². The average molecular weight is 532 g/mol. The molecule has 3 unspecified atom stereocenters. The van der Waals surface area contributed by atoms with Gasteiger partial charge in [0.25, 0.3) is 0 Å². The topological polar surface area (TPSA) is 142 Å². The molecule has 4 N–H and O–H groups in total. The predicted molar refractivity (Wildman–Crippen MR) is 125 cm³/mol. The van der Waals surface area contributed by atoms with Crippen LogP contribution in [0.1, 0.15) is 47.5 Å². The number of hydrogen-bond donors (Lipinski definition) is 3. The third-order valence-electron chi connectivity index (χ3n) is 8.12. The van der Waals surface area contributed by atoms with E-state index in [9.17, 15) is 37.1 Å². The lowest BCUT2D eigenvalue weighted by Gasteiger charge is -2.38. The average Bonchev–Trinajstić information content (AvgIpc) is 3.07. The quantitative estimate of drug-likeness (QED) is 0.436. The smallest absolute Gasteiger partial charge is 0.368 e. The van der Waals surface area contributed by atoms with Gasteiger partial charge in [-0.05, 0) is 35.5 Å². The van der Waals surface area contributed by atoms with Crippen molar-refractivity contribution < 1.29 is 37.1 Å². The molecule has 10 nitrogen and oxygen atoms in total. The number of amides is 5. The second-order valence-electron chi connectivity index (χ2n) is 12.1. The molecule has 0 aromatic rings. The number of likely N-dealkylation sites (tertiary alicyclic amines) is 2. The van der Waals surface area contributed by atoms with Crippen molar-refractivity contribution in [2.45, 2.75) is 71.8 Å². The molecule has 3 aliphatic rings. The van der Waals surface area contributed by atoms with Gasteiger partial charge in [-0.3, -0.25) is 24.0 Å². The van der Waals surface area contributed by atoms with E-state index in [0.29, 0.717) is 13.0 Å². The van der Waals surface area contributed by atoms with Crippen molar-refractivity contribution in [2.75, 3.05) is 20.1 Å². The molecule has 2 aliphatic heterocycles. The number of alkyl halides is 3. The number of carbonyl (C=O) groups is 5. The summed E-state index contributed by atoms with van der Waals surface area (Å²) in [6.07, 6.45) is -4.67. The van der Waals surface area contributed by atoms with Crippen molar-refractivity contribution in [1.82, 2.24) is 20.4 Å². The minimum Gasteiger partial charge on any atom is -0.368 e. The molecule has 1 saturated carbocycles. The summed E-state index contributed by atoms with van der Waals surface area (Å²) < 4.78 is 38.9. The second kappa shape index (κ2) is 9.46. The summed E-state index contributed by atoms with van der Waals surface area (Å²) in [5.74, 6) is -5.56. The fourth-order valence-corrected chi connectivity index (χ4v) is 5.74. The third-order valence-corrected chi connectivity index (χ3v) is 8.12. The molecule has 0 bridgehead atoms. The van der Waals surface area contributed by atoms with Crippen LogP contribution in [-0.2, 0) is 24.0 Å². The van der Waals surface area contributed by atoms with E-state index in [1.54, 1.807) is 12.4 Å². The number of nitrogens with one attached hydrogen (secondary N) is 2. The maximum Gasteiger partial charge on any atom is 0.471 e. The standard InChI is InChI=1S/C24H36F3N5O5/c1-22(2,3)16(30-21(37)24(25,26)27)20(36)32-10-12-14(23(12,4)5)15(32)18(34)29-13(17(28)33)9-11-7-8-31(6)19(11)35/h11-16H,7-10H2,1-6H3,(H2,28,33)(H,29,34)(H,30,37)/t11?,12-,13?,14-,15-,16?/m0/s1. The Balaban J connectivity index is 1.83. The first kappa shape index (κ1) is 28.7. The van der Waals surface area contributed by atoms with Gasteiger partial charge >= 0.3 is 12.1 Å². The number of hydrogen-bond acceptors (Lipinski definition) is 5. The van der Waals surface area contributed by atoms with E-state index >= 15 is 0 Å². The highest BCUT2D eigenvalue weighted by molar-refractivity contribution is 5.96. The van der Waals surface area contributed by atoms with Gasteiger partial charge in [-0.1, -0.05) is 34.6 Å². The zero-order chi connectivity index (χ0) is 28.2. The maximum absolute atomic E-state index is 13.5. The van der Waals surface area contributed by atoms with Crippen LogP contribution in [0.4, 0.5) is 13.2 Å². The number of nitrogens with zero attached hydrogens (tertiary/aromatic N) is 2. The van der Waals surface area contributed by atoms with Gasteiger partial charge in [0.05, 0.1) is 0 Å². The number of primary amides is 1. The Labute approximate surface area is 213 Å². The Hall–Kier alpha value is -2.86. The molecule has 0 aromatic carbocycles. The molecule has 2 saturated heterocycles. The van der Waals surface area contributed by atoms with E-state index in [0.717, 1.165) is 0 Å². The van der Waals surface area contributed by atoms with Crippen LogP contribution in [0, 0.1) is 28.6 Å². The van der Waals surface area contributed by atoms with E-state index in [-0.39, 0.29) is 36.1 Å². The van der Waals surface area contributed by atoms with Gasteiger partial charge in [-0.25, -0.2) is 0 Å². The summed E-state index contributed by atoms with van der Waals surface area (Å²) in [7, 11) is 1.64. The van der Waals surface area contributed by atoms with E-state index in [4.69, 9.17) is 5.73 Å². The summed E-state index contributed by atoms with van der Waals surface area (Å²) >= 11 is 0. The summed E-state index contributed by atoms with van der Waals surface area (Å²) in [5.41, 5.74) is 4.12. The van der Waals surface area contributed by atoms with Gasteiger partial charge in [0, 0.05) is 26.1 Å². The molecule has 5 amide bonds. The highest BCUT2D eigenvalue weighted by atomic mass is 19.4. The molecule has 6 atom stereocenters. The molecular weight excluding hydrogens is 495 g/mol. The largest absolute Gasteiger partial charge is 0.471 e. The van der Waals surface area contributed by atoms with Crippen LogP contribution in [0.5, 0.6) is 0 Å². The molecule has 37 heavy (non-hydrogen) atoms. The lowest BCUT2D eigenvalue weighted by Crippen LogP contribution is -2.61. The first-order valence-electron chi connectivity index (χ1n) is 12.3. The lowest BCUT2D eigenvalue weighted by molar-refractivity contribution is -0.176. The van der Waals surface area contributed by atoms with E-state index in [2.05, 4.69) is 5.32 Å². The molecule has 0 spiro atoms. The van der Waals surface area contributed by atoms with Gasteiger partial charge in [-0.15, -0.1) is 0 Å². The molecule has 208 valence electrons. The van der Waals surface area contributed by atoms with Crippen LogP contribution in [0.25, 0.3) is 0 Å². The number of carbonyl (C=O) groups excluding carboxylic acids is 5. The minimum absolute atomic E-state index is 0.00859. The number of piperidine rings is 1. The molecule has 0 aromatic heterocycles. The zero-order valence-electron chi connectivity index (χ0n) is 21.9. The molecular formula is C24H36F3N5O5. The van der Waals surface area contributed by atoms with Gasteiger partial charge in [0.1, 0.15) is 18.1 Å². The Bertz CT molecular complexity index is 992. The van der Waals surface area contributed by atoms with E-state index in [1.165, 1.54) is 30.6 Å². The monoisotopic (exact) mass is 531 g/mol. The summed E-state index contributed by atoms with van der Waals surface area (Å²) in [6, 6.07) is -3.77. The normalized spacial score (nSPS) is 28.4. The highest BCUT2D eigenvalue weighted by Gasteiger charge is 2.70. The van der Waals surface area contributed by atoms with Crippen LogP contribution in [0.15, 0.2) is 0 Å². The van der Waals surface area contributed by atoms with Crippen LogP contribution < -0.4 is 16.4 Å². The third kappa shape index (κ3) is 5.54. The Morgan fingerprint density at radius 1 is 1.14 bits per heavy atom. The van der Waals surface area contributed by atoms with Gasteiger partial charge in [-0.2, -0.15) is 13.2 Å². The second-order valence-corrected chi connectivity index (χ2v) is 12.1. The van der Waals surface area contributed by atoms with Crippen molar-refractivity contribution in [3.63, 3.8) is 0 Å². The number of halogens is 3. The van der Waals surface area contributed by atoms with Crippen molar-refractivity contribution in [2.24, 2.45) is 34.3 Å². The summed E-state index contributed by atoms with van der Waals surface area (Å²) in [4.78, 5) is 66.0. The molecule has 3 fully saturated rings. The van der Waals surface area contributed by atoms with Gasteiger partial charge in [0.2, 0.25) is 23.6 Å². The molecule has 3 rings (SSSR count). The zero-order valence-corrected chi connectivity index (χ0v) is 21.9. The molecule has 13 heteroatoms. The Morgan fingerprint density at radius 3 is 2.19 bits per heavy atom. The summed E-state index contributed by atoms with van der Waals surface area (Å²) in [5, 5.41) is 4.39. The van der Waals surface area contributed by atoms with E-state index in [1.807, 2.05) is 13.8 Å². The molecule has 2 heterocycles. The van der Waals surface area contributed by atoms with Gasteiger partial charge < -0.3 is 26.2 Å². The van der Waals surface area contributed by atoms with E-state index < -0.39 is 59.3 Å². The number of nitrogens with two attached hydrogens (primary N) is 1. The number of rotatable bonds is 7. The lowest BCUT2D eigenvalue weighted by atomic mass is 9.85. The molecule has 1 aliphatic carbocycles. The van der Waals surface area contributed by atoms with Crippen molar-refractivity contribution in [1.29, 1.82) is 0 Å². The highest BCUT2D eigenvalue weighted by Crippen LogP contribution is 2.65. The SMILES string of the molecule is CN1CCC(CC(NC(=O)[C@@H]2[C@@H]3[C@H](CN2C(=O)C(NC(=O)C(F)(F)F)C(C)(C)C)C3(C)C)C(N)=O)C1=O.